The van der Waals surface area contributed by atoms with E-state index in [9.17, 15) is 0 Å². The predicted molar refractivity (Wildman–Crippen MR) is 180 cm³/mol. The van der Waals surface area contributed by atoms with Crippen LogP contribution in [0, 0.1) is 16.9 Å². The highest BCUT2D eigenvalue weighted by Crippen LogP contribution is 2.34. The van der Waals surface area contributed by atoms with Crippen LogP contribution in [0.15, 0.2) is 126 Å². The Bertz CT molecular complexity index is 1290. The fourth-order valence-corrected chi connectivity index (χ4v) is 10.8. The van der Waals surface area contributed by atoms with Gasteiger partial charge in [-0.3, -0.25) is 0 Å². The van der Waals surface area contributed by atoms with Gasteiger partial charge < -0.3 is 4.43 Å². The van der Waals surface area contributed by atoms with Crippen molar-refractivity contribution in [3.8, 4) is 11.5 Å². The van der Waals surface area contributed by atoms with E-state index in [0.717, 1.165) is 6.42 Å². The Hall–Kier alpha value is -2.82. The molecule has 0 fully saturated rings. The molecule has 0 bridgehead atoms. The van der Waals surface area contributed by atoms with Crippen molar-refractivity contribution in [3.63, 3.8) is 0 Å². The van der Waals surface area contributed by atoms with Crippen LogP contribution in [0.2, 0.25) is 19.6 Å². The van der Waals surface area contributed by atoms with Gasteiger partial charge in [0.1, 0.15) is 8.07 Å². The number of rotatable bonds is 9. The van der Waals surface area contributed by atoms with Crippen molar-refractivity contribution in [2.24, 2.45) is 5.41 Å². The predicted octanol–water partition coefficient (Wildman–Crippen LogP) is 7.52. The van der Waals surface area contributed by atoms with Gasteiger partial charge in [0, 0.05) is 4.90 Å². The van der Waals surface area contributed by atoms with Crippen molar-refractivity contribution >= 4 is 43.7 Å². The molecule has 0 aliphatic carbocycles. The molecule has 0 N–H and O–H groups in total. The van der Waals surface area contributed by atoms with Crippen LogP contribution in [0.3, 0.4) is 0 Å². The van der Waals surface area contributed by atoms with E-state index < -0.39 is 16.4 Å². The minimum absolute atomic E-state index is 0.0167. The molecule has 0 amide bonds. The third-order valence-electron chi connectivity index (χ3n) is 6.88. The monoisotopic (exact) mass is 578 g/mol. The van der Waals surface area contributed by atoms with Crippen molar-refractivity contribution in [1.29, 1.82) is 0 Å². The van der Waals surface area contributed by atoms with E-state index in [2.05, 4.69) is 173 Å². The lowest BCUT2D eigenvalue weighted by Crippen LogP contribution is -2.71. The second-order valence-corrected chi connectivity index (χ2v) is 21.8. The molecule has 0 aliphatic heterocycles. The second-order valence-electron chi connectivity index (χ2n) is 12.4. The molecule has 206 valence electrons. The maximum absolute atomic E-state index is 7.73. The first-order chi connectivity index (χ1) is 19.1. The highest BCUT2D eigenvalue weighted by molar-refractivity contribution is 8.00. The number of hydrogen-bond acceptors (Lipinski definition) is 2. The molecule has 0 spiro atoms. The first-order valence-electron chi connectivity index (χ1n) is 14.2. The summed E-state index contributed by atoms with van der Waals surface area (Å²) in [6.07, 6.45) is 0.832. The molecule has 0 saturated carbocycles. The largest absolute Gasteiger partial charge is 0.401 e. The topological polar surface area (TPSA) is 9.23 Å². The van der Waals surface area contributed by atoms with Crippen LogP contribution in [0.5, 0.6) is 0 Å². The summed E-state index contributed by atoms with van der Waals surface area (Å²) in [7, 11) is -4.41. The zero-order chi connectivity index (χ0) is 28.6. The first kappa shape index (κ1) is 30.1. The van der Waals surface area contributed by atoms with Gasteiger partial charge in [-0.15, -0.1) is 17.3 Å². The molecular formula is C36H42OSSi2. The standard InChI is InChI=1S/C36H42OSSi2/c1-36(2,3)35(29-31(27-28-39(4,5)6)38-30-19-11-7-12-20-30)37-40(32-21-13-8-14-22-32,33-23-15-9-16-24-33)34-25-17-10-18-26-34/h7-26,31,35H,29H2,1-6H3/t31-,35+/m1/s1. The second kappa shape index (κ2) is 13.2. The Kier molecular flexibility index (Phi) is 9.97. The van der Waals surface area contributed by atoms with Gasteiger partial charge in [-0.2, -0.15) is 0 Å². The van der Waals surface area contributed by atoms with E-state index in [4.69, 9.17) is 4.43 Å². The summed E-state index contributed by atoms with van der Waals surface area (Å²) in [5, 5.41) is 3.93. The molecule has 4 rings (SSSR count). The molecule has 4 aromatic rings. The van der Waals surface area contributed by atoms with Gasteiger partial charge in [-0.25, -0.2) is 0 Å². The first-order valence-corrected chi connectivity index (χ1v) is 20.5. The van der Waals surface area contributed by atoms with Gasteiger partial charge >= 0.3 is 0 Å². The minimum atomic E-state index is -2.86. The third kappa shape index (κ3) is 7.89. The van der Waals surface area contributed by atoms with Crippen LogP contribution in [-0.2, 0) is 4.43 Å². The van der Waals surface area contributed by atoms with E-state index in [1.807, 2.05) is 11.8 Å². The van der Waals surface area contributed by atoms with E-state index in [1.54, 1.807) is 0 Å². The van der Waals surface area contributed by atoms with Crippen LogP contribution in [0.1, 0.15) is 27.2 Å². The van der Waals surface area contributed by atoms with Gasteiger partial charge in [0.2, 0.25) is 0 Å². The SMILES string of the molecule is CC(C)(C)[C@H](C[C@@H](C#C[Si](C)(C)C)Sc1ccccc1)O[Si](c1ccccc1)(c1ccccc1)c1ccccc1. The van der Waals surface area contributed by atoms with Crippen molar-refractivity contribution < 1.29 is 4.43 Å². The quantitative estimate of drug-likeness (QED) is 0.0879. The Morgan fingerprint density at radius 2 is 1.05 bits per heavy atom. The normalized spacial score (nSPS) is 13.7. The summed E-state index contributed by atoms with van der Waals surface area (Å²) < 4.78 is 7.73. The summed E-state index contributed by atoms with van der Waals surface area (Å²) in [6.45, 7) is 13.9. The number of benzene rings is 4. The van der Waals surface area contributed by atoms with Crippen molar-refractivity contribution in [2.75, 3.05) is 0 Å². The minimum Gasteiger partial charge on any atom is -0.401 e. The maximum Gasteiger partial charge on any atom is 0.288 e. The molecule has 40 heavy (non-hydrogen) atoms. The Morgan fingerprint density at radius 3 is 1.43 bits per heavy atom. The summed E-state index contributed by atoms with van der Waals surface area (Å²) in [4.78, 5) is 1.25. The average molecular weight is 579 g/mol. The van der Waals surface area contributed by atoms with Gasteiger partial charge in [-0.05, 0) is 39.5 Å². The zero-order valence-electron chi connectivity index (χ0n) is 24.7. The molecule has 4 heteroatoms. The van der Waals surface area contributed by atoms with E-state index >= 15 is 0 Å². The number of thioether (sulfide) groups is 1. The number of hydrogen-bond donors (Lipinski definition) is 0. The van der Waals surface area contributed by atoms with Crippen LogP contribution in [0.25, 0.3) is 0 Å². The molecule has 0 radical (unpaired) electrons. The van der Waals surface area contributed by atoms with E-state index in [0.29, 0.717) is 0 Å². The lowest BCUT2D eigenvalue weighted by Gasteiger charge is -2.42. The summed E-state index contributed by atoms with van der Waals surface area (Å²) in [6, 6.07) is 43.4. The Balaban J connectivity index is 1.85. The third-order valence-corrected chi connectivity index (χ3v) is 13.0. The summed E-state index contributed by atoms with van der Waals surface area (Å²) in [5.41, 5.74) is 3.59. The highest BCUT2D eigenvalue weighted by atomic mass is 32.2. The molecule has 0 saturated heterocycles. The molecule has 0 aromatic heterocycles. The van der Waals surface area contributed by atoms with Crippen LogP contribution < -0.4 is 15.6 Å². The summed E-state index contributed by atoms with van der Waals surface area (Å²) in [5.74, 6) is 3.73. The lowest BCUT2D eigenvalue weighted by atomic mass is 9.86. The Morgan fingerprint density at radius 1 is 0.650 bits per heavy atom. The maximum atomic E-state index is 7.73. The zero-order valence-corrected chi connectivity index (χ0v) is 27.5. The molecular weight excluding hydrogens is 537 g/mol. The highest BCUT2D eigenvalue weighted by Gasteiger charge is 2.46. The van der Waals surface area contributed by atoms with Gasteiger partial charge in [0.15, 0.2) is 0 Å². The molecule has 0 heterocycles. The Labute approximate surface area is 248 Å². The summed E-state index contributed by atoms with van der Waals surface area (Å²) >= 11 is 1.87. The van der Waals surface area contributed by atoms with Crippen LogP contribution in [0.4, 0.5) is 0 Å². The van der Waals surface area contributed by atoms with Crippen molar-refractivity contribution in [2.45, 2.75) is 63.1 Å². The van der Waals surface area contributed by atoms with Crippen molar-refractivity contribution in [3.05, 3.63) is 121 Å². The fourth-order valence-electron chi connectivity index (χ4n) is 4.81. The smallest absolute Gasteiger partial charge is 0.288 e. The molecule has 2 atom stereocenters. The lowest BCUT2D eigenvalue weighted by molar-refractivity contribution is 0.0797. The van der Waals surface area contributed by atoms with Gasteiger partial charge in [-0.1, -0.05) is 156 Å². The van der Waals surface area contributed by atoms with Crippen LogP contribution >= 0.6 is 11.8 Å². The van der Waals surface area contributed by atoms with Crippen molar-refractivity contribution in [1.82, 2.24) is 0 Å². The molecule has 0 aliphatic rings. The average Bonchev–Trinajstić information content (AvgIpc) is 2.95. The van der Waals surface area contributed by atoms with E-state index in [1.165, 1.54) is 20.5 Å². The van der Waals surface area contributed by atoms with Gasteiger partial charge in [0.05, 0.1) is 11.4 Å². The fraction of sp³-hybridized carbons (Fsp3) is 0.278. The van der Waals surface area contributed by atoms with Gasteiger partial charge in [0.25, 0.3) is 8.32 Å². The molecule has 0 unspecified atom stereocenters. The molecule has 4 aromatic carbocycles. The van der Waals surface area contributed by atoms with Crippen LogP contribution in [-0.4, -0.2) is 27.7 Å². The molecule has 1 nitrogen and oxygen atoms in total. The van der Waals surface area contributed by atoms with E-state index in [-0.39, 0.29) is 16.8 Å².